The van der Waals surface area contributed by atoms with Crippen LogP contribution in [0.4, 0.5) is 0 Å². The highest BCUT2D eigenvalue weighted by Gasteiger charge is 2.16. The Bertz CT molecular complexity index is 852. The van der Waals surface area contributed by atoms with Crippen molar-refractivity contribution in [3.8, 4) is 22.8 Å². The lowest BCUT2D eigenvalue weighted by Gasteiger charge is -2.13. The zero-order chi connectivity index (χ0) is 17.1. The van der Waals surface area contributed by atoms with Crippen molar-refractivity contribution in [1.29, 1.82) is 0 Å². The maximum Gasteiger partial charge on any atom is 0.287 e. The van der Waals surface area contributed by atoms with Crippen LogP contribution in [0.1, 0.15) is 29.1 Å². The summed E-state index contributed by atoms with van der Waals surface area (Å²) in [6, 6.07) is 16.3. The Hall–Kier alpha value is -3.21. The fourth-order valence-corrected chi connectivity index (χ4v) is 2.39. The number of phenols is 2. The van der Waals surface area contributed by atoms with Gasteiger partial charge in [-0.05, 0) is 61.0 Å². The molecule has 1 aromatic heterocycles. The van der Waals surface area contributed by atoms with E-state index in [1.54, 1.807) is 54.6 Å². The van der Waals surface area contributed by atoms with Gasteiger partial charge in [0.05, 0.1) is 6.04 Å². The van der Waals surface area contributed by atoms with Crippen molar-refractivity contribution in [3.05, 3.63) is 72.0 Å². The van der Waals surface area contributed by atoms with E-state index < -0.39 is 0 Å². The van der Waals surface area contributed by atoms with Gasteiger partial charge in [0.1, 0.15) is 17.3 Å². The van der Waals surface area contributed by atoms with Crippen molar-refractivity contribution in [2.75, 3.05) is 0 Å². The summed E-state index contributed by atoms with van der Waals surface area (Å²) in [4.78, 5) is 12.3. The van der Waals surface area contributed by atoms with E-state index in [1.807, 2.05) is 13.0 Å². The lowest BCUT2D eigenvalue weighted by atomic mass is 10.1. The average molecular weight is 323 g/mol. The molecule has 0 fully saturated rings. The van der Waals surface area contributed by atoms with Crippen molar-refractivity contribution in [1.82, 2.24) is 5.32 Å². The summed E-state index contributed by atoms with van der Waals surface area (Å²) in [5.41, 5.74) is 1.57. The molecule has 5 heteroatoms. The molecule has 0 aliphatic carbocycles. The van der Waals surface area contributed by atoms with Gasteiger partial charge in [-0.25, -0.2) is 0 Å². The van der Waals surface area contributed by atoms with E-state index >= 15 is 0 Å². The van der Waals surface area contributed by atoms with Crippen LogP contribution >= 0.6 is 0 Å². The standard InChI is InChI=1S/C19H17NO4/c1-12(14-3-2-4-16(22)11-14)20-19(23)18-10-9-17(24-18)13-5-7-15(21)8-6-13/h2-12,21-22H,1H3,(H,20,23)/t12-/m0/s1. The molecule has 0 bridgehead atoms. The number of hydrogen-bond donors (Lipinski definition) is 3. The summed E-state index contributed by atoms with van der Waals surface area (Å²) in [7, 11) is 0. The van der Waals surface area contributed by atoms with E-state index in [4.69, 9.17) is 4.42 Å². The number of benzene rings is 2. The summed E-state index contributed by atoms with van der Waals surface area (Å²) in [5, 5.41) is 21.7. The van der Waals surface area contributed by atoms with Crippen LogP contribution in [0.25, 0.3) is 11.3 Å². The van der Waals surface area contributed by atoms with Crippen molar-refractivity contribution in [3.63, 3.8) is 0 Å². The van der Waals surface area contributed by atoms with Gasteiger partial charge in [0.2, 0.25) is 0 Å². The van der Waals surface area contributed by atoms with Gasteiger partial charge in [-0.15, -0.1) is 0 Å². The third-order valence-corrected chi connectivity index (χ3v) is 3.70. The van der Waals surface area contributed by atoms with Crippen LogP contribution in [0.3, 0.4) is 0 Å². The molecule has 0 saturated heterocycles. The van der Waals surface area contributed by atoms with Crippen molar-refractivity contribution in [2.24, 2.45) is 0 Å². The second kappa shape index (κ2) is 6.50. The molecule has 122 valence electrons. The van der Waals surface area contributed by atoms with Gasteiger partial charge < -0.3 is 19.9 Å². The number of amides is 1. The van der Waals surface area contributed by atoms with Crippen LogP contribution in [0.15, 0.2) is 65.1 Å². The molecule has 0 aliphatic heterocycles. The molecular weight excluding hydrogens is 306 g/mol. The number of hydrogen-bond acceptors (Lipinski definition) is 4. The summed E-state index contributed by atoms with van der Waals surface area (Å²) in [6.07, 6.45) is 0. The topological polar surface area (TPSA) is 82.7 Å². The molecule has 1 heterocycles. The first-order chi connectivity index (χ1) is 11.5. The van der Waals surface area contributed by atoms with E-state index in [9.17, 15) is 15.0 Å². The molecule has 2 aromatic carbocycles. The van der Waals surface area contributed by atoms with Crippen LogP contribution in [-0.4, -0.2) is 16.1 Å². The van der Waals surface area contributed by atoms with E-state index in [-0.39, 0.29) is 29.2 Å². The van der Waals surface area contributed by atoms with Gasteiger partial charge in [0.15, 0.2) is 5.76 Å². The highest BCUT2D eigenvalue weighted by molar-refractivity contribution is 5.92. The van der Waals surface area contributed by atoms with E-state index in [0.29, 0.717) is 5.76 Å². The number of furan rings is 1. The fraction of sp³-hybridized carbons (Fsp3) is 0.105. The van der Waals surface area contributed by atoms with E-state index in [2.05, 4.69) is 5.32 Å². The van der Waals surface area contributed by atoms with Gasteiger partial charge in [-0.2, -0.15) is 0 Å². The third kappa shape index (κ3) is 3.41. The molecular formula is C19H17NO4. The molecule has 0 saturated carbocycles. The molecule has 3 rings (SSSR count). The predicted octanol–water partition coefficient (Wildman–Crippen LogP) is 3.85. The first-order valence-corrected chi connectivity index (χ1v) is 7.52. The molecule has 24 heavy (non-hydrogen) atoms. The van der Waals surface area contributed by atoms with Gasteiger partial charge in [-0.3, -0.25) is 4.79 Å². The normalized spacial score (nSPS) is 11.9. The maximum absolute atomic E-state index is 12.3. The molecule has 3 aromatic rings. The van der Waals surface area contributed by atoms with Gasteiger partial charge in [0.25, 0.3) is 5.91 Å². The first-order valence-electron chi connectivity index (χ1n) is 7.52. The fourth-order valence-electron chi connectivity index (χ4n) is 2.39. The van der Waals surface area contributed by atoms with Gasteiger partial charge in [-0.1, -0.05) is 12.1 Å². The molecule has 1 amide bonds. The van der Waals surface area contributed by atoms with Crippen LogP contribution < -0.4 is 5.32 Å². The highest BCUT2D eigenvalue weighted by Crippen LogP contribution is 2.25. The number of aromatic hydroxyl groups is 2. The minimum Gasteiger partial charge on any atom is -0.508 e. The maximum atomic E-state index is 12.3. The lowest BCUT2D eigenvalue weighted by molar-refractivity contribution is 0.0912. The summed E-state index contributed by atoms with van der Waals surface area (Å²) in [6.45, 7) is 1.83. The molecule has 1 atom stereocenters. The Labute approximate surface area is 139 Å². The van der Waals surface area contributed by atoms with Crippen LogP contribution in [0, 0.1) is 0 Å². The number of nitrogens with one attached hydrogen (secondary N) is 1. The monoisotopic (exact) mass is 323 g/mol. The SMILES string of the molecule is C[C@H](NC(=O)c1ccc(-c2ccc(O)cc2)o1)c1cccc(O)c1. The third-order valence-electron chi connectivity index (χ3n) is 3.70. The van der Waals surface area contributed by atoms with Crippen LogP contribution in [0.2, 0.25) is 0 Å². The molecule has 0 aliphatic rings. The zero-order valence-electron chi connectivity index (χ0n) is 13.1. The smallest absolute Gasteiger partial charge is 0.287 e. The lowest BCUT2D eigenvalue weighted by Crippen LogP contribution is -2.26. The van der Waals surface area contributed by atoms with Crippen LogP contribution in [0.5, 0.6) is 11.5 Å². The van der Waals surface area contributed by atoms with Crippen LogP contribution in [-0.2, 0) is 0 Å². The molecule has 0 unspecified atom stereocenters. The summed E-state index contributed by atoms with van der Waals surface area (Å²) < 4.78 is 5.59. The second-order valence-corrected chi connectivity index (χ2v) is 5.50. The highest BCUT2D eigenvalue weighted by atomic mass is 16.4. The van der Waals surface area contributed by atoms with E-state index in [0.717, 1.165) is 11.1 Å². The van der Waals surface area contributed by atoms with Gasteiger partial charge >= 0.3 is 0 Å². The average Bonchev–Trinajstić information content (AvgIpc) is 3.05. The molecule has 0 spiro atoms. The van der Waals surface area contributed by atoms with E-state index in [1.165, 1.54) is 0 Å². The molecule has 5 nitrogen and oxygen atoms in total. The van der Waals surface area contributed by atoms with Crippen molar-refractivity contribution < 1.29 is 19.4 Å². The minimum absolute atomic E-state index is 0.154. The molecule has 3 N–H and O–H groups in total. The first kappa shape index (κ1) is 15.7. The minimum atomic E-state index is -0.337. The number of phenolic OH excluding ortho intramolecular Hbond substituents is 2. The Kier molecular flexibility index (Phi) is 4.24. The van der Waals surface area contributed by atoms with Crippen molar-refractivity contribution >= 4 is 5.91 Å². The van der Waals surface area contributed by atoms with Gasteiger partial charge in [0, 0.05) is 5.56 Å². The summed E-state index contributed by atoms with van der Waals surface area (Å²) in [5.74, 6) is 0.732. The Balaban J connectivity index is 1.73. The number of rotatable bonds is 4. The molecule has 0 radical (unpaired) electrons. The zero-order valence-corrected chi connectivity index (χ0v) is 13.1. The second-order valence-electron chi connectivity index (χ2n) is 5.50. The number of carbonyl (C=O) groups excluding carboxylic acids is 1. The predicted molar refractivity (Wildman–Crippen MR) is 89.8 cm³/mol. The Morgan fingerprint density at radius 1 is 1.00 bits per heavy atom. The number of carbonyl (C=O) groups is 1. The largest absolute Gasteiger partial charge is 0.508 e. The Morgan fingerprint density at radius 3 is 2.46 bits per heavy atom. The summed E-state index contributed by atoms with van der Waals surface area (Å²) >= 11 is 0. The quantitative estimate of drug-likeness (QED) is 0.681. The van der Waals surface area contributed by atoms with Crippen molar-refractivity contribution in [2.45, 2.75) is 13.0 Å². The Morgan fingerprint density at radius 2 is 1.75 bits per heavy atom.